The second-order valence-corrected chi connectivity index (χ2v) is 5.28. The van der Waals surface area contributed by atoms with E-state index >= 15 is 0 Å². The van der Waals surface area contributed by atoms with E-state index in [1.54, 1.807) is 13.3 Å². The van der Waals surface area contributed by atoms with Crippen LogP contribution in [0.25, 0.3) is 0 Å². The highest BCUT2D eigenvalue weighted by Gasteiger charge is 2.08. The molecule has 0 atom stereocenters. The third-order valence-corrected chi connectivity index (χ3v) is 3.59. The van der Waals surface area contributed by atoms with Gasteiger partial charge in [-0.05, 0) is 28.9 Å². The highest BCUT2D eigenvalue weighted by atomic mass is 79.9. The van der Waals surface area contributed by atoms with Crippen LogP contribution in [0, 0.1) is 0 Å². The number of halogens is 1. The Morgan fingerprint density at radius 1 is 1.47 bits per heavy atom. The molecule has 0 aliphatic carbocycles. The minimum absolute atomic E-state index is 0.555. The molecular weight excluding hydrogens is 310 g/mol. The molecule has 1 fully saturated rings. The normalized spacial score (nSPS) is 16.3. The summed E-state index contributed by atoms with van der Waals surface area (Å²) in [7, 11) is 1.60. The second-order valence-electron chi connectivity index (χ2n) is 4.42. The zero-order valence-corrected chi connectivity index (χ0v) is 12.7. The molecule has 0 aromatic carbocycles. The number of piperazine rings is 1. The summed E-state index contributed by atoms with van der Waals surface area (Å²) in [6, 6.07) is 0. The minimum atomic E-state index is 0.555. The number of rotatable bonds is 6. The number of hydrogen-bond acceptors (Lipinski definition) is 6. The summed E-state index contributed by atoms with van der Waals surface area (Å²) in [5.74, 6) is 1.17. The lowest BCUT2D eigenvalue weighted by Gasteiger charge is -2.27. The zero-order valence-electron chi connectivity index (χ0n) is 11.2. The molecule has 1 aromatic heterocycles. The SMILES string of the molecule is COc1nc(NCCCN2CCNCC2)ncc1Br. The highest BCUT2D eigenvalue weighted by molar-refractivity contribution is 9.10. The van der Waals surface area contributed by atoms with Gasteiger partial charge >= 0.3 is 0 Å². The number of anilines is 1. The Morgan fingerprint density at radius 3 is 3.00 bits per heavy atom. The molecule has 2 N–H and O–H groups in total. The van der Waals surface area contributed by atoms with Crippen LogP contribution in [0.2, 0.25) is 0 Å². The van der Waals surface area contributed by atoms with Crippen LogP contribution in [0.4, 0.5) is 5.95 Å². The van der Waals surface area contributed by atoms with Gasteiger partial charge in [0.1, 0.15) is 0 Å². The van der Waals surface area contributed by atoms with Crippen LogP contribution < -0.4 is 15.4 Å². The largest absolute Gasteiger partial charge is 0.480 e. The van der Waals surface area contributed by atoms with Crippen LogP contribution in [0.3, 0.4) is 0 Å². The number of nitrogens with one attached hydrogen (secondary N) is 2. The molecular formula is C12H20BrN5O. The molecule has 0 amide bonds. The summed E-state index contributed by atoms with van der Waals surface area (Å²) < 4.78 is 5.90. The fourth-order valence-corrected chi connectivity index (χ4v) is 2.37. The van der Waals surface area contributed by atoms with Gasteiger partial charge in [0, 0.05) is 32.7 Å². The van der Waals surface area contributed by atoms with Crippen molar-refractivity contribution in [2.24, 2.45) is 0 Å². The van der Waals surface area contributed by atoms with Crippen molar-refractivity contribution in [2.75, 3.05) is 51.7 Å². The monoisotopic (exact) mass is 329 g/mol. The fraction of sp³-hybridized carbons (Fsp3) is 0.667. The van der Waals surface area contributed by atoms with Gasteiger partial charge in [-0.3, -0.25) is 0 Å². The average molecular weight is 330 g/mol. The standard InChI is InChI=1S/C12H20BrN5O/c1-19-11-10(13)9-16-12(17-11)15-3-2-6-18-7-4-14-5-8-18/h9,14H,2-8H2,1H3,(H,15,16,17). The van der Waals surface area contributed by atoms with Crippen LogP contribution in [-0.2, 0) is 0 Å². The number of ether oxygens (including phenoxy) is 1. The van der Waals surface area contributed by atoms with Gasteiger partial charge < -0.3 is 20.3 Å². The maximum Gasteiger partial charge on any atom is 0.232 e. The van der Waals surface area contributed by atoms with Crippen molar-refractivity contribution in [1.29, 1.82) is 0 Å². The van der Waals surface area contributed by atoms with E-state index in [0.29, 0.717) is 11.8 Å². The molecule has 1 aromatic rings. The Morgan fingerprint density at radius 2 is 2.26 bits per heavy atom. The third-order valence-electron chi connectivity index (χ3n) is 3.05. The van der Waals surface area contributed by atoms with Gasteiger partial charge in [-0.15, -0.1) is 0 Å². The van der Waals surface area contributed by atoms with Gasteiger partial charge in [-0.2, -0.15) is 4.98 Å². The first-order chi connectivity index (χ1) is 9.29. The summed E-state index contributed by atoms with van der Waals surface area (Å²) in [4.78, 5) is 10.9. The summed E-state index contributed by atoms with van der Waals surface area (Å²) in [6.45, 7) is 6.46. The van der Waals surface area contributed by atoms with Gasteiger partial charge in [0.25, 0.3) is 0 Å². The first kappa shape index (κ1) is 14.5. The lowest BCUT2D eigenvalue weighted by atomic mass is 10.3. The predicted octanol–water partition coefficient (Wildman–Crippen LogP) is 0.955. The van der Waals surface area contributed by atoms with E-state index in [9.17, 15) is 0 Å². The van der Waals surface area contributed by atoms with Gasteiger partial charge in [0.15, 0.2) is 0 Å². The molecule has 1 aliphatic rings. The van der Waals surface area contributed by atoms with E-state index < -0.39 is 0 Å². The van der Waals surface area contributed by atoms with E-state index in [1.165, 1.54) is 0 Å². The van der Waals surface area contributed by atoms with Crippen LogP contribution >= 0.6 is 15.9 Å². The molecule has 7 heteroatoms. The Hall–Kier alpha value is -0.920. The maximum atomic E-state index is 5.13. The lowest BCUT2D eigenvalue weighted by Crippen LogP contribution is -2.44. The molecule has 0 radical (unpaired) electrons. The number of hydrogen-bond donors (Lipinski definition) is 2. The average Bonchev–Trinajstić information content (AvgIpc) is 2.46. The van der Waals surface area contributed by atoms with Crippen LogP contribution in [0.5, 0.6) is 5.88 Å². The number of methoxy groups -OCH3 is 1. The predicted molar refractivity (Wildman–Crippen MR) is 78.7 cm³/mol. The molecule has 2 heterocycles. The molecule has 0 saturated carbocycles. The Balaban J connectivity index is 1.70. The minimum Gasteiger partial charge on any atom is -0.480 e. The van der Waals surface area contributed by atoms with Crippen LogP contribution in [0.15, 0.2) is 10.7 Å². The highest BCUT2D eigenvalue weighted by Crippen LogP contribution is 2.21. The summed E-state index contributed by atoms with van der Waals surface area (Å²) in [5.41, 5.74) is 0. The van der Waals surface area contributed by atoms with E-state index in [-0.39, 0.29) is 0 Å². The van der Waals surface area contributed by atoms with E-state index in [2.05, 4.69) is 41.4 Å². The first-order valence-corrected chi connectivity index (χ1v) is 7.32. The van der Waals surface area contributed by atoms with Crippen molar-refractivity contribution in [3.05, 3.63) is 10.7 Å². The first-order valence-electron chi connectivity index (χ1n) is 6.53. The number of nitrogens with zero attached hydrogens (tertiary/aromatic N) is 3. The molecule has 0 spiro atoms. The Bertz CT molecular complexity index is 398. The van der Waals surface area contributed by atoms with E-state index in [4.69, 9.17) is 4.74 Å². The van der Waals surface area contributed by atoms with Crippen molar-refractivity contribution < 1.29 is 4.74 Å². The number of aromatic nitrogens is 2. The molecule has 19 heavy (non-hydrogen) atoms. The van der Waals surface area contributed by atoms with E-state index in [0.717, 1.165) is 50.2 Å². The fourth-order valence-electron chi connectivity index (χ4n) is 2.02. The lowest BCUT2D eigenvalue weighted by molar-refractivity contribution is 0.240. The van der Waals surface area contributed by atoms with Gasteiger partial charge in [0.05, 0.1) is 17.8 Å². The van der Waals surface area contributed by atoms with Crippen molar-refractivity contribution in [3.8, 4) is 5.88 Å². The van der Waals surface area contributed by atoms with Crippen molar-refractivity contribution in [3.63, 3.8) is 0 Å². The Kier molecular flexibility index (Phi) is 5.81. The summed E-state index contributed by atoms with van der Waals surface area (Å²) in [5, 5.41) is 6.57. The summed E-state index contributed by atoms with van der Waals surface area (Å²) >= 11 is 3.33. The molecule has 6 nitrogen and oxygen atoms in total. The Labute approximate surface area is 122 Å². The van der Waals surface area contributed by atoms with Gasteiger partial charge in [0.2, 0.25) is 11.8 Å². The van der Waals surface area contributed by atoms with Crippen LogP contribution in [-0.4, -0.2) is 61.2 Å². The molecule has 0 unspecified atom stereocenters. The van der Waals surface area contributed by atoms with Crippen molar-refractivity contribution in [2.45, 2.75) is 6.42 Å². The van der Waals surface area contributed by atoms with Crippen molar-refractivity contribution >= 4 is 21.9 Å². The quantitative estimate of drug-likeness (QED) is 0.758. The van der Waals surface area contributed by atoms with Crippen molar-refractivity contribution in [1.82, 2.24) is 20.2 Å². The smallest absolute Gasteiger partial charge is 0.232 e. The molecule has 0 bridgehead atoms. The zero-order chi connectivity index (χ0) is 13.5. The molecule has 2 rings (SSSR count). The molecule has 1 saturated heterocycles. The topological polar surface area (TPSA) is 62.3 Å². The summed E-state index contributed by atoms with van der Waals surface area (Å²) in [6.07, 6.45) is 2.78. The van der Waals surface area contributed by atoms with Crippen LogP contribution in [0.1, 0.15) is 6.42 Å². The maximum absolute atomic E-state index is 5.13. The second kappa shape index (κ2) is 7.62. The van der Waals surface area contributed by atoms with Gasteiger partial charge in [-0.25, -0.2) is 4.98 Å². The third kappa shape index (κ3) is 4.59. The van der Waals surface area contributed by atoms with E-state index in [1.807, 2.05) is 0 Å². The van der Waals surface area contributed by atoms with Gasteiger partial charge in [-0.1, -0.05) is 0 Å². The molecule has 1 aliphatic heterocycles. The molecule has 106 valence electrons.